The summed E-state index contributed by atoms with van der Waals surface area (Å²) in [6, 6.07) is 11.6. The van der Waals surface area contributed by atoms with Crippen LogP contribution in [0.3, 0.4) is 0 Å². The summed E-state index contributed by atoms with van der Waals surface area (Å²) in [5, 5.41) is 6.84. The molecule has 1 aromatic carbocycles. The van der Waals surface area contributed by atoms with Crippen molar-refractivity contribution >= 4 is 11.3 Å². The first kappa shape index (κ1) is 13.7. The Balaban J connectivity index is 1.71. The second kappa shape index (κ2) is 6.04. The van der Waals surface area contributed by atoms with Crippen LogP contribution in [0.4, 0.5) is 0 Å². The van der Waals surface area contributed by atoms with Crippen molar-refractivity contribution in [2.24, 2.45) is 0 Å². The fourth-order valence-electron chi connectivity index (χ4n) is 2.62. The van der Waals surface area contributed by atoms with Crippen LogP contribution >= 0.6 is 11.3 Å². The highest BCUT2D eigenvalue weighted by Gasteiger charge is 2.22. The molecule has 0 saturated carbocycles. The standard InChI is InChI=1S/C16H21N3S/c1-12-9-19(13(2)8-17-12)10-15-11-20-16(18-15)14-6-4-3-5-7-14/h3-7,11-13,17H,8-10H2,1-2H3. The maximum atomic E-state index is 4.79. The molecule has 0 radical (unpaired) electrons. The fourth-order valence-corrected chi connectivity index (χ4v) is 3.44. The van der Waals surface area contributed by atoms with Gasteiger partial charge in [-0.25, -0.2) is 4.98 Å². The van der Waals surface area contributed by atoms with E-state index >= 15 is 0 Å². The van der Waals surface area contributed by atoms with Gasteiger partial charge in [0.1, 0.15) is 5.01 Å². The van der Waals surface area contributed by atoms with Gasteiger partial charge in [-0.05, 0) is 13.8 Å². The summed E-state index contributed by atoms with van der Waals surface area (Å²) in [7, 11) is 0. The minimum Gasteiger partial charge on any atom is -0.311 e. The van der Waals surface area contributed by atoms with Crippen LogP contribution in [0, 0.1) is 0 Å². The molecule has 2 unspecified atom stereocenters. The van der Waals surface area contributed by atoms with E-state index in [9.17, 15) is 0 Å². The predicted octanol–water partition coefficient (Wildman–Crippen LogP) is 2.99. The molecule has 2 heterocycles. The smallest absolute Gasteiger partial charge is 0.123 e. The number of aromatic nitrogens is 1. The lowest BCUT2D eigenvalue weighted by atomic mass is 10.1. The zero-order chi connectivity index (χ0) is 13.9. The Kier molecular flexibility index (Phi) is 4.15. The first-order valence-electron chi connectivity index (χ1n) is 7.19. The summed E-state index contributed by atoms with van der Waals surface area (Å²) in [5.74, 6) is 0. The zero-order valence-electron chi connectivity index (χ0n) is 12.0. The van der Waals surface area contributed by atoms with Crippen LogP contribution in [-0.2, 0) is 6.54 Å². The van der Waals surface area contributed by atoms with Crippen LogP contribution < -0.4 is 5.32 Å². The summed E-state index contributed by atoms with van der Waals surface area (Å²) in [5.41, 5.74) is 2.40. The lowest BCUT2D eigenvalue weighted by molar-refractivity contribution is 0.137. The third-order valence-electron chi connectivity index (χ3n) is 3.83. The fraction of sp³-hybridized carbons (Fsp3) is 0.438. The Labute approximate surface area is 124 Å². The molecule has 2 atom stereocenters. The first-order valence-corrected chi connectivity index (χ1v) is 8.07. The summed E-state index contributed by atoms with van der Waals surface area (Å²) in [6.07, 6.45) is 0. The molecule has 1 aliphatic heterocycles. The van der Waals surface area contributed by atoms with Gasteiger partial charge in [-0.1, -0.05) is 30.3 Å². The van der Waals surface area contributed by atoms with Crippen molar-refractivity contribution in [3.63, 3.8) is 0 Å². The highest BCUT2D eigenvalue weighted by molar-refractivity contribution is 7.13. The van der Waals surface area contributed by atoms with Crippen molar-refractivity contribution < 1.29 is 0 Å². The second-order valence-corrected chi connectivity index (χ2v) is 6.46. The van der Waals surface area contributed by atoms with E-state index in [4.69, 9.17) is 4.98 Å². The molecule has 106 valence electrons. The van der Waals surface area contributed by atoms with Crippen LogP contribution in [0.5, 0.6) is 0 Å². The van der Waals surface area contributed by atoms with Crippen molar-refractivity contribution in [1.29, 1.82) is 0 Å². The first-order chi connectivity index (χ1) is 9.72. The van der Waals surface area contributed by atoms with Gasteiger partial charge in [0.25, 0.3) is 0 Å². The SMILES string of the molecule is CC1CN(Cc2csc(-c3ccccc3)n2)C(C)CN1. The van der Waals surface area contributed by atoms with E-state index in [-0.39, 0.29) is 0 Å². The minimum absolute atomic E-state index is 0.568. The molecule has 3 nitrogen and oxygen atoms in total. The van der Waals surface area contributed by atoms with Gasteiger partial charge >= 0.3 is 0 Å². The van der Waals surface area contributed by atoms with E-state index in [0.717, 1.165) is 24.6 Å². The average molecular weight is 287 g/mol. The molecule has 1 aromatic heterocycles. The number of hydrogen-bond donors (Lipinski definition) is 1. The van der Waals surface area contributed by atoms with E-state index in [1.807, 2.05) is 6.07 Å². The molecule has 0 aliphatic carbocycles. The Morgan fingerprint density at radius 2 is 2.10 bits per heavy atom. The van der Waals surface area contributed by atoms with Gasteiger partial charge in [0, 0.05) is 42.7 Å². The molecule has 4 heteroatoms. The van der Waals surface area contributed by atoms with Crippen LogP contribution in [-0.4, -0.2) is 35.1 Å². The van der Waals surface area contributed by atoms with Crippen molar-refractivity contribution in [3.8, 4) is 10.6 Å². The van der Waals surface area contributed by atoms with Gasteiger partial charge in [0.05, 0.1) is 5.69 Å². The lowest BCUT2D eigenvalue weighted by Gasteiger charge is -2.37. The van der Waals surface area contributed by atoms with Crippen LogP contribution in [0.2, 0.25) is 0 Å². The summed E-state index contributed by atoms with van der Waals surface area (Å²) >= 11 is 1.74. The Hall–Kier alpha value is -1.23. The van der Waals surface area contributed by atoms with Gasteiger partial charge in [-0.15, -0.1) is 11.3 Å². The number of rotatable bonds is 3. The molecule has 3 rings (SSSR count). The van der Waals surface area contributed by atoms with Crippen molar-refractivity contribution in [2.45, 2.75) is 32.5 Å². The monoisotopic (exact) mass is 287 g/mol. The lowest BCUT2D eigenvalue weighted by Crippen LogP contribution is -2.53. The molecule has 2 aromatic rings. The Bertz CT molecular complexity index is 552. The molecule has 1 saturated heterocycles. The molecular weight excluding hydrogens is 266 g/mol. The van der Waals surface area contributed by atoms with E-state index in [1.54, 1.807) is 11.3 Å². The van der Waals surface area contributed by atoms with E-state index in [1.165, 1.54) is 11.3 Å². The number of piperazine rings is 1. The number of nitrogens with zero attached hydrogens (tertiary/aromatic N) is 2. The molecular formula is C16H21N3S. The Morgan fingerprint density at radius 3 is 2.90 bits per heavy atom. The average Bonchev–Trinajstić information content (AvgIpc) is 2.92. The van der Waals surface area contributed by atoms with Crippen molar-refractivity contribution in [2.75, 3.05) is 13.1 Å². The van der Waals surface area contributed by atoms with Gasteiger partial charge in [-0.3, -0.25) is 4.90 Å². The van der Waals surface area contributed by atoms with Crippen LogP contribution in [0.1, 0.15) is 19.5 Å². The van der Waals surface area contributed by atoms with Gasteiger partial charge in [-0.2, -0.15) is 0 Å². The molecule has 1 fully saturated rings. The van der Waals surface area contributed by atoms with E-state index in [0.29, 0.717) is 12.1 Å². The second-order valence-electron chi connectivity index (χ2n) is 5.60. The normalized spacial score (nSPS) is 23.9. The van der Waals surface area contributed by atoms with E-state index < -0.39 is 0 Å². The molecule has 20 heavy (non-hydrogen) atoms. The molecule has 1 N–H and O–H groups in total. The number of benzene rings is 1. The van der Waals surface area contributed by atoms with E-state index in [2.05, 4.69) is 53.7 Å². The maximum Gasteiger partial charge on any atom is 0.123 e. The number of nitrogens with one attached hydrogen (secondary N) is 1. The summed E-state index contributed by atoms with van der Waals surface area (Å²) in [4.78, 5) is 7.31. The van der Waals surface area contributed by atoms with Gasteiger partial charge in [0.15, 0.2) is 0 Å². The maximum absolute atomic E-state index is 4.79. The minimum atomic E-state index is 0.568. The van der Waals surface area contributed by atoms with Crippen molar-refractivity contribution in [1.82, 2.24) is 15.2 Å². The van der Waals surface area contributed by atoms with Crippen LogP contribution in [0.25, 0.3) is 10.6 Å². The summed E-state index contributed by atoms with van der Waals surface area (Å²) < 4.78 is 0. The van der Waals surface area contributed by atoms with Gasteiger partial charge < -0.3 is 5.32 Å². The zero-order valence-corrected chi connectivity index (χ0v) is 12.9. The van der Waals surface area contributed by atoms with Crippen LogP contribution in [0.15, 0.2) is 35.7 Å². The molecule has 0 bridgehead atoms. The van der Waals surface area contributed by atoms with Gasteiger partial charge in [0.2, 0.25) is 0 Å². The quantitative estimate of drug-likeness (QED) is 0.940. The molecule has 0 spiro atoms. The number of thiazole rings is 1. The molecule has 0 amide bonds. The summed E-state index contributed by atoms with van der Waals surface area (Å²) in [6.45, 7) is 7.64. The largest absolute Gasteiger partial charge is 0.311 e. The third kappa shape index (κ3) is 3.08. The van der Waals surface area contributed by atoms with Crippen molar-refractivity contribution in [3.05, 3.63) is 41.4 Å². The highest BCUT2D eigenvalue weighted by Crippen LogP contribution is 2.24. The Morgan fingerprint density at radius 1 is 1.30 bits per heavy atom. The number of hydrogen-bond acceptors (Lipinski definition) is 4. The topological polar surface area (TPSA) is 28.2 Å². The highest BCUT2D eigenvalue weighted by atomic mass is 32.1. The molecule has 1 aliphatic rings. The predicted molar refractivity (Wildman–Crippen MR) is 84.9 cm³/mol. The third-order valence-corrected chi connectivity index (χ3v) is 4.77.